The number of pyridine rings is 1. The summed E-state index contributed by atoms with van der Waals surface area (Å²) in [5.74, 6) is -1.95. The topological polar surface area (TPSA) is 62.5 Å². The first-order chi connectivity index (χ1) is 13.0. The molecule has 3 rings (SSSR count). The highest BCUT2D eigenvalue weighted by Gasteiger charge is 2.36. The summed E-state index contributed by atoms with van der Waals surface area (Å²) in [4.78, 5) is 26.6. The quantitative estimate of drug-likeness (QED) is 0.689. The number of benzene rings is 2. The maximum atomic E-state index is 13.4. The Hall–Kier alpha value is -3.00. The average Bonchev–Trinajstić information content (AvgIpc) is 2.65. The monoisotopic (exact) mass is 410 g/mol. The van der Waals surface area contributed by atoms with Crippen LogP contribution >= 0.6 is 11.6 Å². The van der Waals surface area contributed by atoms with Crippen molar-refractivity contribution in [2.24, 2.45) is 7.05 Å². The fraction of sp³-hybridized carbons (Fsp3) is 0.158. The van der Waals surface area contributed by atoms with Crippen LogP contribution in [0.5, 0.6) is 5.75 Å². The SMILES string of the molecule is CN(C(=O)c1c(O)c2c(C(F)(F)F)cccc2n(C)c1=O)c1ccc(Cl)cc1. The van der Waals surface area contributed by atoms with Gasteiger partial charge in [0.25, 0.3) is 11.5 Å². The van der Waals surface area contributed by atoms with E-state index in [2.05, 4.69) is 0 Å². The lowest BCUT2D eigenvalue weighted by Crippen LogP contribution is -2.34. The van der Waals surface area contributed by atoms with Gasteiger partial charge in [0, 0.05) is 24.8 Å². The van der Waals surface area contributed by atoms with E-state index in [0.29, 0.717) is 10.7 Å². The number of aromatic nitrogens is 1. The predicted molar refractivity (Wildman–Crippen MR) is 100 cm³/mol. The molecule has 0 atom stereocenters. The number of nitrogens with zero attached hydrogens (tertiary/aromatic N) is 2. The Bertz CT molecular complexity index is 1140. The first kappa shape index (κ1) is 19.8. The van der Waals surface area contributed by atoms with Gasteiger partial charge in [-0.05, 0) is 36.4 Å². The maximum absolute atomic E-state index is 13.4. The zero-order chi connectivity index (χ0) is 20.8. The minimum Gasteiger partial charge on any atom is -0.506 e. The Kier molecular flexibility index (Phi) is 4.84. The number of fused-ring (bicyclic) bond motifs is 1. The van der Waals surface area contributed by atoms with E-state index in [1.807, 2.05) is 0 Å². The Morgan fingerprint density at radius 3 is 2.32 bits per heavy atom. The molecule has 0 aliphatic rings. The van der Waals surface area contributed by atoms with E-state index >= 15 is 0 Å². The molecule has 1 N–H and O–H groups in total. The summed E-state index contributed by atoms with van der Waals surface area (Å²) in [6.45, 7) is 0. The van der Waals surface area contributed by atoms with Gasteiger partial charge in [-0.3, -0.25) is 9.59 Å². The number of halogens is 4. The van der Waals surface area contributed by atoms with Gasteiger partial charge in [-0.15, -0.1) is 0 Å². The number of hydrogen-bond donors (Lipinski definition) is 1. The van der Waals surface area contributed by atoms with Gasteiger partial charge in [0.05, 0.1) is 16.5 Å². The first-order valence-corrected chi connectivity index (χ1v) is 8.37. The molecule has 0 unspecified atom stereocenters. The van der Waals surface area contributed by atoms with E-state index in [-0.39, 0.29) is 5.52 Å². The van der Waals surface area contributed by atoms with E-state index < -0.39 is 39.9 Å². The van der Waals surface area contributed by atoms with E-state index in [0.717, 1.165) is 21.6 Å². The van der Waals surface area contributed by atoms with Gasteiger partial charge in [-0.1, -0.05) is 17.7 Å². The average molecular weight is 411 g/mol. The van der Waals surface area contributed by atoms with Crippen molar-refractivity contribution in [1.82, 2.24) is 4.57 Å². The van der Waals surface area contributed by atoms with Crippen molar-refractivity contribution in [3.05, 3.63) is 69.0 Å². The van der Waals surface area contributed by atoms with Gasteiger partial charge in [0.2, 0.25) is 0 Å². The molecule has 3 aromatic rings. The van der Waals surface area contributed by atoms with Crippen LogP contribution in [0.25, 0.3) is 10.9 Å². The molecule has 0 saturated heterocycles. The Morgan fingerprint density at radius 1 is 1.14 bits per heavy atom. The molecule has 0 spiro atoms. The lowest BCUT2D eigenvalue weighted by molar-refractivity contribution is -0.136. The molecule has 28 heavy (non-hydrogen) atoms. The number of aryl methyl sites for hydroxylation is 1. The molecule has 1 amide bonds. The van der Waals surface area contributed by atoms with Crippen LogP contribution in [-0.2, 0) is 13.2 Å². The molecule has 0 aliphatic carbocycles. The van der Waals surface area contributed by atoms with E-state index in [9.17, 15) is 27.9 Å². The number of carbonyl (C=O) groups is 1. The van der Waals surface area contributed by atoms with Crippen LogP contribution in [0, 0.1) is 0 Å². The lowest BCUT2D eigenvalue weighted by atomic mass is 10.0. The van der Waals surface area contributed by atoms with Crippen LogP contribution in [0.15, 0.2) is 47.3 Å². The number of hydrogen-bond acceptors (Lipinski definition) is 3. The molecular weight excluding hydrogens is 397 g/mol. The highest BCUT2D eigenvalue weighted by atomic mass is 35.5. The van der Waals surface area contributed by atoms with Crippen LogP contribution in [0.2, 0.25) is 5.02 Å². The van der Waals surface area contributed by atoms with Crippen LogP contribution in [0.4, 0.5) is 18.9 Å². The second kappa shape index (κ2) is 6.87. The third-order valence-electron chi connectivity index (χ3n) is 4.43. The normalized spacial score (nSPS) is 11.6. The fourth-order valence-electron chi connectivity index (χ4n) is 2.95. The fourth-order valence-corrected chi connectivity index (χ4v) is 3.08. The van der Waals surface area contributed by atoms with E-state index in [1.165, 1.54) is 44.4 Å². The minimum atomic E-state index is -4.78. The standard InChI is InChI=1S/C19H14ClF3N2O3/c1-24(11-8-6-10(20)7-9-11)17(27)15-16(26)14-12(19(21,22)23)4-3-5-13(14)25(2)18(15)28/h3-9,26H,1-2H3. The van der Waals surface area contributed by atoms with Crippen LogP contribution in [-0.4, -0.2) is 22.6 Å². The van der Waals surface area contributed by atoms with Gasteiger partial charge >= 0.3 is 6.18 Å². The van der Waals surface area contributed by atoms with Crippen LogP contribution in [0.1, 0.15) is 15.9 Å². The van der Waals surface area contributed by atoms with Gasteiger partial charge in [-0.2, -0.15) is 13.2 Å². The molecule has 5 nitrogen and oxygen atoms in total. The molecular formula is C19H14ClF3N2O3. The van der Waals surface area contributed by atoms with Gasteiger partial charge < -0.3 is 14.6 Å². The Balaban J connectivity index is 2.28. The van der Waals surface area contributed by atoms with Gasteiger partial charge in [-0.25, -0.2) is 0 Å². The maximum Gasteiger partial charge on any atom is 0.417 e. The number of rotatable bonds is 2. The summed E-state index contributed by atoms with van der Waals surface area (Å²) in [7, 11) is 2.58. The van der Waals surface area contributed by atoms with Gasteiger partial charge in [0.1, 0.15) is 11.3 Å². The van der Waals surface area contributed by atoms with Crippen molar-refractivity contribution in [3.63, 3.8) is 0 Å². The third kappa shape index (κ3) is 3.20. The minimum absolute atomic E-state index is 0.136. The molecule has 2 aromatic carbocycles. The predicted octanol–water partition coefficient (Wildman–Crippen LogP) is 4.19. The second-order valence-electron chi connectivity index (χ2n) is 6.13. The molecule has 0 saturated carbocycles. The number of anilines is 1. The number of aromatic hydroxyl groups is 1. The second-order valence-corrected chi connectivity index (χ2v) is 6.56. The van der Waals surface area contributed by atoms with E-state index in [4.69, 9.17) is 11.6 Å². The summed E-state index contributed by atoms with van der Waals surface area (Å²) in [5, 5.41) is 10.3. The molecule has 0 fully saturated rings. The molecule has 0 bridgehead atoms. The van der Waals surface area contributed by atoms with E-state index in [1.54, 1.807) is 0 Å². The third-order valence-corrected chi connectivity index (χ3v) is 4.69. The highest BCUT2D eigenvalue weighted by molar-refractivity contribution is 6.30. The number of alkyl halides is 3. The molecule has 0 aliphatic heterocycles. The smallest absolute Gasteiger partial charge is 0.417 e. The molecule has 146 valence electrons. The summed E-state index contributed by atoms with van der Waals surface area (Å²) in [6, 6.07) is 9.22. The van der Waals surface area contributed by atoms with Crippen LogP contribution < -0.4 is 10.5 Å². The zero-order valence-electron chi connectivity index (χ0n) is 14.7. The summed E-state index contributed by atoms with van der Waals surface area (Å²) < 4.78 is 41.2. The van der Waals surface area contributed by atoms with Crippen molar-refractivity contribution in [3.8, 4) is 5.75 Å². The molecule has 0 radical (unpaired) electrons. The van der Waals surface area contributed by atoms with Crippen molar-refractivity contribution < 1.29 is 23.1 Å². The van der Waals surface area contributed by atoms with Crippen molar-refractivity contribution in [2.45, 2.75) is 6.18 Å². The number of carbonyl (C=O) groups excluding carboxylic acids is 1. The molecule has 9 heteroatoms. The largest absolute Gasteiger partial charge is 0.506 e. The summed E-state index contributed by atoms with van der Waals surface area (Å²) in [5.41, 5.74) is -2.58. The Labute approximate surface area is 162 Å². The molecule has 1 heterocycles. The van der Waals surface area contributed by atoms with Crippen molar-refractivity contribution >= 4 is 34.1 Å². The van der Waals surface area contributed by atoms with Gasteiger partial charge in [0.15, 0.2) is 0 Å². The van der Waals surface area contributed by atoms with Crippen molar-refractivity contribution in [1.29, 1.82) is 0 Å². The number of amides is 1. The summed E-state index contributed by atoms with van der Waals surface area (Å²) >= 11 is 5.81. The zero-order valence-corrected chi connectivity index (χ0v) is 15.5. The Morgan fingerprint density at radius 2 is 1.75 bits per heavy atom. The highest BCUT2D eigenvalue weighted by Crippen LogP contribution is 2.39. The molecule has 1 aromatic heterocycles. The lowest BCUT2D eigenvalue weighted by Gasteiger charge is -2.20. The first-order valence-electron chi connectivity index (χ1n) is 7.99. The van der Waals surface area contributed by atoms with Crippen LogP contribution in [0.3, 0.4) is 0 Å². The van der Waals surface area contributed by atoms with Crippen molar-refractivity contribution in [2.75, 3.05) is 11.9 Å². The summed E-state index contributed by atoms with van der Waals surface area (Å²) in [6.07, 6.45) is -4.78.